The molecular weight excluding hydrogens is 236 g/mol. The molecule has 1 aromatic rings. The van der Waals surface area contributed by atoms with E-state index in [-0.39, 0.29) is 11.7 Å². The molecule has 104 valence electrons. The number of hydrogen-bond donors (Lipinski definition) is 1. The van der Waals surface area contributed by atoms with Crippen LogP contribution in [0, 0.1) is 0 Å². The Morgan fingerprint density at radius 2 is 2.11 bits per heavy atom. The van der Waals surface area contributed by atoms with Gasteiger partial charge in [0.2, 0.25) is 0 Å². The first-order valence-electron chi connectivity index (χ1n) is 7.55. The van der Waals surface area contributed by atoms with Gasteiger partial charge in [-0.3, -0.25) is 0 Å². The minimum atomic E-state index is -0.389. The molecule has 1 N–H and O–H groups in total. The van der Waals surface area contributed by atoms with Crippen LogP contribution >= 0.6 is 0 Å². The summed E-state index contributed by atoms with van der Waals surface area (Å²) < 4.78 is 5.62. The second-order valence-electron chi connectivity index (χ2n) is 6.26. The van der Waals surface area contributed by atoms with Crippen LogP contribution < -0.4 is 0 Å². The summed E-state index contributed by atoms with van der Waals surface area (Å²) in [6, 6.07) is 8.55. The summed E-state index contributed by atoms with van der Waals surface area (Å²) in [4.78, 5) is 0. The van der Waals surface area contributed by atoms with Crippen molar-refractivity contribution in [1.82, 2.24) is 0 Å². The Hall–Kier alpha value is -0.860. The van der Waals surface area contributed by atoms with Crippen LogP contribution in [0.25, 0.3) is 0 Å². The third-order valence-corrected chi connectivity index (χ3v) is 5.14. The summed E-state index contributed by atoms with van der Waals surface area (Å²) >= 11 is 0. The fourth-order valence-electron chi connectivity index (χ4n) is 3.29. The van der Waals surface area contributed by atoms with Crippen molar-refractivity contribution in [2.75, 3.05) is 7.11 Å². The van der Waals surface area contributed by atoms with Gasteiger partial charge in [-0.1, -0.05) is 30.7 Å². The maximum atomic E-state index is 10.5. The van der Waals surface area contributed by atoms with Crippen molar-refractivity contribution in [3.05, 3.63) is 35.4 Å². The monoisotopic (exact) mass is 260 g/mol. The van der Waals surface area contributed by atoms with E-state index in [0.29, 0.717) is 0 Å². The fraction of sp³-hybridized carbons (Fsp3) is 0.647. The molecule has 2 saturated carbocycles. The van der Waals surface area contributed by atoms with E-state index in [1.54, 1.807) is 7.11 Å². The van der Waals surface area contributed by atoms with Gasteiger partial charge >= 0.3 is 0 Å². The topological polar surface area (TPSA) is 29.5 Å². The predicted molar refractivity (Wildman–Crippen MR) is 76.2 cm³/mol. The highest BCUT2D eigenvalue weighted by molar-refractivity contribution is 5.29. The molecule has 0 heterocycles. The van der Waals surface area contributed by atoms with Crippen LogP contribution in [0.4, 0.5) is 0 Å². The summed E-state index contributed by atoms with van der Waals surface area (Å²) in [6.07, 6.45) is 7.71. The molecule has 0 spiro atoms. The summed E-state index contributed by atoms with van der Waals surface area (Å²) in [5.41, 5.74) is 2.40. The Labute approximate surface area is 115 Å². The van der Waals surface area contributed by atoms with Crippen molar-refractivity contribution >= 4 is 0 Å². The zero-order chi connectivity index (χ0) is 13.3. The average molecular weight is 260 g/mol. The number of methoxy groups -OCH3 is 1. The molecule has 0 bridgehead atoms. The summed E-state index contributed by atoms with van der Waals surface area (Å²) in [5, 5.41) is 10.5. The largest absolute Gasteiger partial charge is 0.388 e. The minimum absolute atomic E-state index is 0.0636. The van der Waals surface area contributed by atoms with Gasteiger partial charge in [0.05, 0.1) is 11.7 Å². The van der Waals surface area contributed by atoms with Gasteiger partial charge in [0.25, 0.3) is 0 Å². The average Bonchev–Trinajstić information content (AvgIpc) is 2.32. The fourth-order valence-corrected chi connectivity index (χ4v) is 3.29. The number of hydrogen-bond acceptors (Lipinski definition) is 2. The molecule has 2 heteroatoms. The van der Waals surface area contributed by atoms with Crippen molar-refractivity contribution in [1.29, 1.82) is 0 Å². The summed E-state index contributed by atoms with van der Waals surface area (Å²) in [5.74, 6) is 0.729. The van der Waals surface area contributed by atoms with Gasteiger partial charge < -0.3 is 9.84 Å². The van der Waals surface area contributed by atoms with E-state index >= 15 is 0 Å². The van der Waals surface area contributed by atoms with E-state index in [0.717, 1.165) is 30.7 Å². The van der Waals surface area contributed by atoms with E-state index in [1.807, 2.05) is 0 Å². The second kappa shape index (κ2) is 5.26. The molecular formula is C17H24O2. The Morgan fingerprint density at radius 1 is 1.32 bits per heavy atom. The SMILES string of the molecule is COC1(CC(O)c2cccc(C3CCC3)c2)CCC1. The highest BCUT2D eigenvalue weighted by Crippen LogP contribution is 2.42. The minimum Gasteiger partial charge on any atom is -0.388 e. The quantitative estimate of drug-likeness (QED) is 0.868. The van der Waals surface area contributed by atoms with E-state index < -0.39 is 0 Å². The zero-order valence-corrected chi connectivity index (χ0v) is 11.8. The van der Waals surface area contributed by atoms with Gasteiger partial charge in [-0.2, -0.15) is 0 Å². The van der Waals surface area contributed by atoms with Crippen molar-refractivity contribution in [2.24, 2.45) is 0 Å². The lowest BCUT2D eigenvalue weighted by molar-refractivity contribution is -0.0999. The third-order valence-electron chi connectivity index (χ3n) is 5.14. The second-order valence-corrected chi connectivity index (χ2v) is 6.26. The Morgan fingerprint density at radius 3 is 2.63 bits per heavy atom. The van der Waals surface area contributed by atoms with Gasteiger partial charge in [-0.05, 0) is 49.1 Å². The maximum absolute atomic E-state index is 10.5. The molecule has 0 aromatic heterocycles. The number of ether oxygens (including phenoxy) is 1. The lowest BCUT2D eigenvalue weighted by Gasteiger charge is -2.42. The van der Waals surface area contributed by atoms with Crippen LogP contribution in [0.5, 0.6) is 0 Å². The normalized spacial score (nSPS) is 23.5. The molecule has 0 saturated heterocycles. The van der Waals surface area contributed by atoms with Gasteiger partial charge in [0, 0.05) is 13.5 Å². The standard InChI is InChI=1S/C17H24O2/c1-19-17(9-4-10-17)12-16(18)15-8-3-7-14(11-15)13-5-2-6-13/h3,7-8,11,13,16,18H,2,4-6,9-10,12H2,1H3. The van der Waals surface area contributed by atoms with Gasteiger partial charge in [0.1, 0.15) is 0 Å². The molecule has 19 heavy (non-hydrogen) atoms. The van der Waals surface area contributed by atoms with Crippen LogP contribution in [0.15, 0.2) is 24.3 Å². The van der Waals surface area contributed by atoms with Crippen LogP contribution in [0.1, 0.15) is 68.1 Å². The van der Waals surface area contributed by atoms with Crippen molar-refractivity contribution < 1.29 is 9.84 Å². The van der Waals surface area contributed by atoms with Crippen LogP contribution in [-0.4, -0.2) is 17.8 Å². The molecule has 2 aliphatic rings. The van der Waals surface area contributed by atoms with E-state index in [9.17, 15) is 5.11 Å². The molecule has 2 aliphatic carbocycles. The Bertz CT molecular complexity index is 427. The molecule has 1 unspecified atom stereocenters. The number of rotatable bonds is 5. The number of aliphatic hydroxyl groups is 1. The smallest absolute Gasteiger partial charge is 0.0817 e. The molecule has 2 nitrogen and oxygen atoms in total. The number of aliphatic hydroxyl groups excluding tert-OH is 1. The summed E-state index contributed by atoms with van der Waals surface area (Å²) in [7, 11) is 1.77. The molecule has 0 radical (unpaired) electrons. The lowest BCUT2D eigenvalue weighted by Crippen LogP contribution is -2.40. The molecule has 2 fully saturated rings. The first-order valence-corrected chi connectivity index (χ1v) is 7.55. The maximum Gasteiger partial charge on any atom is 0.0817 e. The summed E-state index contributed by atoms with van der Waals surface area (Å²) in [6.45, 7) is 0. The van der Waals surface area contributed by atoms with Crippen LogP contribution in [-0.2, 0) is 4.74 Å². The van der Waals surface area contributed by atoms with Crippen LogP contribution in [0.2, 0.25) is 0 Å². The zero-order valence-electron chi connectivity index (χ0n) is 11.8. The lowest BCUT2D eigenvalue weighted by atomic mass is 9.74. The van der Waals surface area contributed by atoms with E-state index in [1.165, 1.54) is 31.2 Å². The molecule has 1 aromatic carbocycles. The van der Waals surface area contributed by atoms with Crippen molar-refractivity contribution in [2.45, 2.75) is 62.6 Å². The van der Waals surface area contributed by atoms with Gasteiger partial charge in [-0.15, -0.1) is 0 Å². The van der Waals surface area contributed by atoms with Crippen molar-refractivity contribution in [3.8, 4) is 0 Å². The van der Waals surface area contributed by atoms with Crippen LogP contribution in [0.3, 0.4) is 0 Å². The Kier molecular flexibility index (Phi) is 3.64. The molecule has 1 atom stereocenters. The third kappa shape index (κ3) is 2.56. The number of benzene rings is 1. The van der Waals surface area contributed by atoms with Crippen molar-refractivity contribution in [3.63, 3.8) is 0 Å². The molecule has 0 amide bonds. The van der Waals surface area contributed by atoms with Gasteiger partial charge in [-0.25, -0.2) is 0 Å². The van der Waals surface area contributed by atoms with Gasteiger partial charge in [0.15, 0.2) is 0 Å². The van der Waals surface area contributed by atoms with E-state index in [4.69, 9.17) is 4.74 Å². The highest BCUT2D eigenvalue weighted by Gasteiger charge is 2.39. The first kappa shape index (κ1) is 13.1. The predicted octanol–water partition coefficient (Wildman–Crippen LogP) is 3.95. The molecule has 0 aliphatic heterocycles. The van der Waals surface area contributed by atoms with E-state index in [2.05, 4.69) is 24.3 Å². The Balaban J connectivity index is 1.70. The highest BCUT2D eigenvalue weighted by atomic mass is 16.5. The molecule has 3 rings (SSSR count). The first-order chi connectivity index (χ1) is 9.22.